The van der Waals surface area contributed by atoms with Crippen molar-refractivity contribution in [1.29, 1.82) is 5.26 Å². The lowest BCUT2D eigenvalue weighted by molar-refractivity contribution is 0.198. The molecule has 0 aliphatic rings. The molecule has 1 aromatic rings. The van der Waals surface area contributed by atoms with Crippen LogP contribution >= 0.6 is 15.9 Å². The third kappa shape index (κ3) is 2.68. The smallest absolute Gasteiger partial charge is 0.0996 e. The molecule has 3 heteroatoms. The molecule has 0 amide bonds. The predicted octanol–water partition coefficient (Wildman–Crippen LogP) is 3.10. The lowest BCUT2D eigenvalue weighted by atomic mass is 10.00. The highest BCUT2D eigenvalue weighted by molar-refractivity contribution is 9.10. The zero-order valence-corrected chi connectivity index (χ0v) is 10.1. The lowest BCUT2D eigenvalue weighted by Gasteiger charge is -2.11. The molecule has 1 atom stereocenters. The van der Waals surface area contributed by atoms with Gasteiger partial charge in [0, 0.05) is 10.0 Å². The Kier molecular flexibility index (Phi) is 4.07. The van der Waals surface area contributed by atoms with Crippen LogP contribution in [0.4, 0.5) is 0 Å². The van der Waals surface area contributed by atoms with Crippen LogP contribution in [-0.4, -0.2) is 5.11 Å². The van der Waals surface area contributed by atoms with Gasteiger partial charge in [0.25, 0.3) is 0 Å². The van der Waals surface area contributed by atoms with E-state index in [1.165, 1.54) is 0 Å². The zero-order chi connectivity index (χ0) is 11.4. The molecule has 0 heterocycles. The summed E-state index contributed by atoms with van der Waals surface area (Å²) in [5.74, 6) is 0. The van der Waals surface area contributed by atoms with Crippen molar-refractivity contribution in [2.24, 2.45) is 0 Å². The molecule has 0 saturated carbocycles. The molecule has 2 nitrogen and oxygen atoms in total. The Morgan fingerprint density at radius 3 is 2.80 bits per heavy atom. The number of nitriles is 1. The summed E-state index contributed by atoms with van der Waals surface area (Å²) in [6, 6.07) is 5.79. The van der Waals surface area contributed by atoms with Gasteiger partial charge in [-0.15, -0.1) is 6.58 Å². The van der Waals surface area contributed by atoms with E-state index in [1.54, 1.807) is 19.1 Å². The standard InChI is InChI=1S/C12H12BrNO/c1-3-4-9-5-10(7-14)12(8(2)15)11(13)6-9/h3,5-6,8,15H,1,4H2,2H3. The monoisotopic (exact) mass is 265 g/mol. The van der Waals surface area contributed by atoms with E-state index >= 15 is 0 Å². The van der Waals surface area contributed by atoms with Gasteiger partial charge in [0.05, 0.1) is 17.7 Å². The molecular weight excluding hydrogens is 254 g/mol. The maximum atomic E-state index is 9.54. The Labute approximate surface area is 98.0 Å². The van der Waals surface area contributed by atoms with Crippen molar-refractivity contribution in [2.45, 2.75) is 19.4 Å². The number of hydrogen-bond donors (Lipinski definition) is 1. The summed E-state index contributed by atoms with van der Waals surface area (Å²) in [4.78, 5) is 0. The molecule has 0 aliphatic carbocycles. The largest absolute Gasteiger partial charge is 0.389 e. The Morgan fingerprint density at radius 1 is 1.67 bits per heavy atom. The van der Waals surface area contributed by atoms with Crippen molar-refractivity contribution in [3.63, 3.8) is 0 Å². The van der Waals surface area contributed by atoms with Crippen molar-refractivity contribution < 1.29 is 5.11 Å². The molecule has 1 unspecified atom stereocenters. The first-order valence-corrected chi connectivity index (χ1v) is 5.40. The van der Waals surface area contributed by atoms with E-state index in [1.807, 2.05) is 6.07 Å². The van der Waals surface area contributed by atoms with Crippen LogP contribution in [0, 0.1) is 11.3 Å². The maximum absolute atomic E-state index is 9.54. The molecule has 0 fully saturated rings. The van der Waals surface area contributed by atoms with Crippen LogP contribution in [0.2, 0.25) is 0 Å². The maximum Gasteiger partial charge on any atom is 0.0996 e. The highest BCUT2D eigenvalue weighted by Gasteiger charge is 2.13. The predicted molar refractivity (Wildman–Crippen MR) is 63.4 cm³/mol. The quantitative estimate of drug-likeness (QED) is 0.854. The van der Waals surface area contributed by atoms with E-state index in [2.05, 4.69) is 28.6 Å². The molecule has 1 rings (SSSR count). The molecule has 0 bridgehead atoms. The summed E-state index contributed by atoms with van der Waals surface area (Å²) < 4.78 is 0.772. The zero-order valence-electron chi connectivity index (χ0n) is 8.50. The van der Waals surface area contributed by atoms with Crippen molar-refractivity contribution in [3.8, 4) is 6.07 Å². The van der Waals surface area contributed by atoms with Crippen LogP contribution in [0.5, 0.6) is 0 Å². The van der Waals surface area contributed by atoms with Crippen LogP contribution in [-0.2, 0) is 6.42 Å². The van der Waals surface area contributed by atoms with E-state index in [-0.39, 0.29) is 0 Å². The van der Waals surface area contributed by atoms with Gasteiger partial charge in [0.1, 0.15) is 0 Å². The average Bonchev–Trinajstić information content (AvgIpc) is 2.16. The number of nitrogens with zero attached hydrogens (tertiary/aromatic N) is 1. The number of aliphatic hydroxyl groups excluding tert-OH is 1. The van der Waals surface area contributed by atoms with Gasteiger partial charge < -0.3 is 5.11 Å². The summed E-state index contributed by atoms with van der Waals surface area (Å²) >= 11 is 3.36. The first-order chi connectivity index (χ1) is 7.10. The van der Waals surface area contributed by atoms with Gasteiger partial charge in [-0.25, -0.2) is 0 Å². The van der Waals surface area contributed by atoms with E-state index < -0.39 is 6.10 Å². The average molecular weight is 266 g/mol. The van der Waals surface area contributed by atoms with E-state index in [9.17, 15) is 5.11 Å². The minimum atomic E-state index is -0.646. The second-order valence-corrected chi connectivity index (χ2v) is 4.17. The van der Waals surface area contributed by atoms with Crippen LogP contribution in [0.1, 0.15) is 29.7 Å². The van der Waals surface area contributed by atoms with E-state index in [0.717, 1.165) is 10.0 Å². The van der Waals surface area contributed by atoms with Crippen molar-refractivity contribution in [2.75, 3.05) is 0 Å². The molecular formula is C12H12BrNO. The van der Waals surface area contributed by atoms with Crippen molar-refractivity contribution in [3.05, 3.63) is 46.0 Å². The van der Waals surface area contributed by atoms with Gasteiger partial charge in [0.2, 0.25) is 0 Å². The van der Waals surface area contributed by atoms with Gasteiger partial charge in [-0.2, -0.15) is 5.26 Å². The first-order valence-electron chi connectivity index (χ1n) is 4.61. The number of benzene rings is 1. The summed E-state index contributed by atoms with van der Waals surface area (Å²) in [5.41, 5.74) is 2.17. The minimum absolute atomic E-state index is 0.510. The highest BCUT2D eigenvalue weighted by Crippen LogP contribution is 2.28. The third-order valence-corrected chi connectivity index (χ3v) is 2.76. The minimum Gasteiger partial charge on any atom is -0.389 e. The molecule has 78 valence electrons. The molecule has 0 radical (unpaired) electrons. The molecule has 0 spiro atoms. The van der Waals surface area contributed by atoms with Crippen molar-refractivity contribution >= 4 is 15.9 Å². The van der Waals surface area contributed by atoms with E-state index in [4.69, 9.17) is 5.26 Å². The lowest BCUT2D eigenvalue weighted by Crippen LogP contribution is -1.99. The second-order valence-electron chi connectivity index (χ2n) is 3.32. The molecule has 15 heavy (non-hydrogen) atoms. The number of halogens is 1. The van der Waals surface area contributed by atoms with Gasteiger partial charge in [0.15, 0.2) is 0 Å². The number of rotatable bonds is 3. The fourth-order valence-corrected chi connectivity index (χ4v) is 2.31. The van der Waals surface area contributed by atoms with Gasteiger partial charge in [-0.3, -0.25) is 0 Å². The third-order valence-electron chi connectivity index (χ3n) is 2.11. The Morgan fingerprint density at radius 2 is 2.33 bits per heavy atom. The highest BCUT2D eigenvalue weighted by atomic mass is 79.9. The summed E-state index contributed by atoms with van der Waals surface area (Å²) in [7, 11) is 0. The SMILES string of the molecule is C=CCc1cc(Br)c(C(C)O)c(C#N)c1. The molecule has 0 saturated heterocycles. The normalized spacial score (nSPS) is 11.9. The molecule has 1 aromatic carbocycles. The number of hydrogen-bond acceptors (Lipinski definition) is 2. The number of aliphatic hydroxyl groups is 1. The second kappa shape index (κ2) is 5.11. The topological polar surface area (TPSA) is 44.0 Å². The van der Waals surface area contributed by atoms with E-state index in [0.29, 0.717) is 17.5 Å². The van der Waals surface area contributed by atoms with Gasteiger partial charge >= 0.3 is 0 Å². The summed E-state index contributed by atoms with van der Waals surface area (Å²) in [5, 5.41) is 18.5. The summed E-state index contributed by atoms with van der Waals surface area (Å²) in [6.45, 7) is 5.30. The van der Waals surface area contributed by atoms with Crippen LogP contribution < -0.4 is 0 Å². The van der Waals surface area contributed by atoms with Crippen LogP contribution in [0.25, 0.3) is 0 Å². The molecule has 0 aromatic heterocycles. The van der Waals surface area contributed by atoms with Crippen LogP contribution in [0.3, 0.4) is 0 Å². The fraction of sp³-hybridized carbons (Fsp3) is 0.250. The Hall–Kier alpha value is -1.11. The molecule has 1 N–H and O–H groups in total. The van der Waals surface area contributed by atoms with Gasteiger partial charge in [-0.05, 0) is 31.0 Å². The van der Waals surface area contributed by atoms with Crippen LogP contribution in [0.15, 0.2) is 29.3 Å². The first kappa shape index (κ1) is 12.0. The Balaban J connectivity index is 3.32. The van der Waals surface area contributed by atoms with Crippen molar-refractivity contribution in [1.82, 2.24) is 0 Å². The van der Waals surface area contributed by atoms with Gasteiger partial charge in [-0.1, -0.05) is 22.0 Å². The Bertz CT molecular complexity index is 418. The summed E-state index contributed by atoms with van der Waals surface area (Å²) in [6.07, 6.45) is 1.85. The number of allylic oxidation sites excluding steroid dienone is 1. The molecule has 0 aliphatic heterocycles. The fourth-order valence-electron chi connectivity index (χ4n) is 1.48.